The van der Waals surface area contributed by atoms with Crippen LogP contribution in [0.5, 0.6) is 0 Å². The van der Waals surface area contributed by atoms with Gasteiger partial charge in [-0.15, -0.1) is 22.7 Å². The Labute approximate surface area is 232 Å². The molecule has 0 aliphatic heterocycles. The van der Waals surface area contributed by atoms with Crippen LogP contribution < -0.4 is 9.47 Å². The molecule has 0 radical (unpaired) electrons. The molecule has 38 heavy (non-hydrogen) atoms. The number of thiophene rings is 2. The van der Waals surface area contributed by atoms with E-state index in [1.54, 1.807) is 0 Å². The summed E-state index contributed by atoms with van der Waals surface area (Å²) < 4.78 is 2.05. The van der Waals surface area contributed by atoms with E-state index >= 15 is 0 Å². The molecule has 2 nitrogen and oxygen atoms in total. The van der Waals surface area contributed by atoms with Gasteiger partial charge in [0.05, 0.1) is 0 Å². The standard InChI is InChI=1S/C34H27N2S2/c1-35-24-22-26(23-25-35)12-17-31-18-19-33(37-31)34-21-20-32(38-34)27-13-15-30(16-14-27)36(28-8-4-2-5-9-28)29-10-6-3-7-11-29/h2-25H,1H3/q+1. The van der Waals surface area contributed by atoms with E-state index in [1.165, 1.54) is 30.6 Å². The third-order valence-corrected chi connectivity index (χ3v) is 8.74. The summed E-state index contributed by atoms with van der Waals surface area (Å²) in [4.78, 5) is 7.43. The maximum absolute atomic E-state index is 2.29. The van der Waals surface area contributed by atoms with Gasteiger partial charge in [-0.3, -0.25) is 0 Å². The van der Waals surface area contributed by atoms with Crippen molar-refractivity contribution >= 4 is 51.9 Å². The van der Waals surface area contributed by atoms with Crippen molar-refractivity contribution in [3.05, 3.63) is 144 Å². The third-order valence-electron chi connectivity index (χ3n) is 6.36. The van der Waals surface area contributed by atoms with E-state index in [4.69, 9.17) is 0 Å². The molecule has 0 aliphatic carbocycles. The minimum atomic E-state index is 1.14. The molecule has 3 aromatic heterocycles. The molecule has 0 aliphatic rings. The van der Waals surface area contributed by atoms with Gasteiger partial charge in [-0.2, -0.15) is 0 Å². The van der Waals surface area contributed by atoms with Gasteiger partial charge in [0.2, 0.25) is 0 Å². The van der Waals surface area contributed by atoms with Crippen molar-refractivity contribution in [1.29, 1.82) is 0 Å². The van der Waals surface area contributed by atoms with Crippen molar-refractivity contribution in [3.63, 3.8) is 0 Å². The Morgan fingerprint density at radius 3 is 1.74 bits per heavy atom. The zero-order chi connectivity index (χ0) is 25.7. The van der Waals surface area contributed by atoms with Crippen LogP contribution in [-0.4, -0.2) is 0 Å². The first-order chi connectivity index (χ1) is 18.7. The van der Waals surface area contributed by atoms with E-state index in [0.717, 1.165) is 17.1 Å². The molecule has 0 spiro atoms. The van der Waals surface area contributed by atoms with E-state index in [9.17, 15) is 0 Å². The molecular weight excluding hydrogens is 501 g/mol. The van der Waals surface area contributed by atoms with Crippen LogP contribution >= 0.6 is 22.7 Å². The summed E-state index contributed by atoms with van der Waals surface area (Å²) in [5, 5.41) is 0. The average Bonchev–Trinajstić information content (AvgIpc) is 3.65. The molecule has 3 heterocycles. The van der Waals surface area contributed by atoms with Gasteiger partial charge in [0.15, 0.2) is 12.4 Å². The quantitative estimate of drug-likeness (QED) is 0.187. The number of benzene rings is 3. The van der Waals surface area contributed by atoms with Gasteiger partial charge >= 0.3 is 0 Å². The molecule has 0 saturated carbocycles. The van der Waals surface area contributed by atoms with E-state index < -0.39 is 0 Å². The van der Waals surface area contributed by atoms with Crippen molar-refractivity contribution in [2.75, 3.05) is 4.90 Å². The summed E-state index contributed by atoms with van der Waals surface area (Å²) in [5.41, 5.74) is 5.88. The third kappa shape index (κ3) is 5.37. The Morgan fingerprint density at radius 1 is 0.526 bits per heavy atom. The van der Waals surface area contributed by atoms with Crippen LogP contribution in [0.15, 0.2) is 134 Å². The summed E-state index contributed by atoms with van der Waals surface area (Å²) >= 11 is 3.68. The predicted molar refractivity (Wildman–Crippen MR) is 164 cm³/mol. The molecule has 6 aromatic rings. The molecule has 6 rings (SSSR count). The van der Waals surface area contributed by atoms with Gasteiger partial charge in [-0.05, 0) is 77.9 Å². The first-order valence-corrected chi connectivity index (χ1v) is 14.2. The molecule has 0 fully saturated rings. The summed E-state index contributed by atoms with van der Waals surface area (Å²) in [5.74, 6) is 0. The lowest BCUT2D eigenvalue weighted by molar-refractivity contribution is -0.671. The van der Waals surface area contributed by atoms with Crippen molar-refractivity contribution in [2.45, 2.75) is 0 Å². The topological polar surface area (TPSA) is 7.12 Å². The smallest absolute Gasteiger partial charge is 0.169 e. The van der Waals surface area contributed by atoms with Gasteiger partial charge in [-0.1, -0.05) is 54.6 Å². The van der Waals surface area contributed by atoms with Gasteiger partial charge in [0.1, 0.15) is 7.05 Å². The second-order valence-corrected chi connectivity index (χ2v) is 11.2. The normalized spacial score (nSPS) is 11.2. The Morgan fingerprint density at radius 2 is 1.08 bits per heavy atom. The highest BCUT2D eigenvalue weighted by atomic mass is 32.1. The molecule has 0 amide bonds. The number of rotatable bonds is 7. The van der Waals surface area contributed by atoms with E-state index in [0.29, 0.717) is 0 Å². The predicted octanol–water partition coefficient (Wildman–Crippen LogP) is 9.61. The highest BCUT2D eigenvalue weighted by Crippen LogP contribution is 2.40. The van der Waals surface area contributed by atoms with Gasteiger partial charge in [0.25, 0.3) is 0 Å². The summed E-state index contributed by atoms with van der Waals surface area (Å²) in [6.07, 6.45) is 8.51. The van der Waals surface area contributed by atoms with Crippen LogP contribution in [0.2, 0.25) is 0 Å². The van der Waals surface area contributed by atoms with Crippen LogP contribution in [0.4, 0.5) is 17.1 Å². The molecule has 4 heteroatoms. The first kappa shape index (κ1) is 24.1. The van der Waals surface area contributed by atoms with Gasteiger partial charge < -0.3 is 4.90 Å². The van der Waals surface area contributed by atoms with Gasteiger partial charge in [0, 0.05) is 48.7 Å². The number of aryl methyl sites for hydroxylation is 1. The summed E-state index contributed by atoms with van der Waals surface area (Å²) in [6, 6.07) is 43.1. The van der Waals surface area contributed by atoms with Crippen molar-refractivity contribution in [1.82, 2.24) is 0 Å². The summed E-state index contributed by atoms with van der Waals surface area (Å²) in [6.45, 7) is 0. The Bertz CT molecular complexity index is 1610. The van der Waals surface area contributed by atoms with Crippen LogP contribution in [0.3, 0.4) is 0 Å². The minimum Gasteiger partial charge on any atom is -0.311 e. The molecular formula is C34H27N2S2+. The minimum absolute atomic E-state index is 1.14. The van der Waals surface area contributed by atoms with Crippen LogP contribution in [-0.2, 0) is 7.05 Å². The number of anilines is 3. The van der Waals surface area contributed by atoms with Crippen molar-refractivity contribution in [2.24, 2.45) is 7.05 Å². The lowest BCUT2D eigenvalue weighted by atomic mass is 10.1. The fourth-order valence-corrected chi connectivity index (χ4v) is 6.39. The molecule has 0 bridgehead atoms. The maximum atomic E-state index is 2.29. The number of nitrogens with zero attached hydrogens (tertiary/aromatic N) is 2. The lowest BCUT2D eigenvalue weighted by Gasteiger charge is -2.25. The Balaban J connectivity index is 1.22. The largest absolute Gasteiger partial charge is 0.311 e. The van der Waals surface area contributed by atoms with E-state index in [-0.39, 0.29) is 0 Å². The first-order valence-electron chi connectivity index (χ1n) is 12.6. The zero-order valence-corrected chi connectivity index (χ0v) is 22.7. The maximum Gasteiger partial charge on any atom is 0.169 e. The number of hydrogen-bond acceptors (Lipinski definition) is 3. The molecule has 0 N–H and O–H groups in total. The Kier molecular flexibility index (Phi) is 6.99. The lowest BCUT2D eigenvalue weighted by Crippen LogP contribution is -2.25. The van der Waals surface area contributed by atoms with Crippen LogP contribution in [0, 0.1) is 0 Å². The fraction of sp³-hybridized carbons (Fsp3) is 0.0294. The molecule has 184 valence electrons. The van der Waals surface area contributed by atoms with E-state index in [1.807, 2.05) is 34.3 Å². The number of hydrogen-bond donors (Lipinski definition) is 0. The molecule has 3 aromatic carbocycles. The number of aromatic nitrogens is 1. The second-order valence-electron chi connectivity index (χ2n) is 9.05. The Hall–Kier alpha value is -4.25. The molecule has 0 unspecified atom stereocenters. The van der Waals surface area contributed by atoms with Crippen molar-refractivity contribution in [3.8, 4) is 20.2 Å². The highest BCUT2D eigenvalue weighted by molar-refractivity contribution is 7.24. The van der Waals surface area contributed by atoms with Crippen LogP contribution in [0.25, 0.3) is 32.3 Å². The fourth-order valence-electron chi connectivity index (χ4n) is 4.38. The number of para-hydroxylation sites is 2. The highest BCUT2D eigenvalue weighted by Gasteiger charge is 2.13. The number of pyridine rings is 1. The summed E-state index contributed by atoms with van der Waals surface area (Å²) in [7, 11) is 2.03. The zero-order valence-electron chi connectivity index (χ0n) is 21.1. The second kappa shape index (κ2) is 11.0. The SMILES string of the molecule is C[n+]1ccc(/C=C/c2ccc(-c3ccc(-c4ccc(N(c5ccccc5)c5ccccc5)cc4)s3)s2)cc1. The monoisotopic (exact) mass is 527 g/mol. The van der Waals surface area contributed by atoms with Crippen molar-refractivity contribution < 1.29 is 4.57 Å². The van der Waals surface area contributed by atoms with E-state index in [2.05, 4.69) is 151 Å². The molecule has 0 atom stereocenters. The van der Waals surface area contributed by atoms with Crippen LogP contribution in [0.1, 0.15) is 10.4 Å². The van der Waals surface area contributed by atoms with Gasteiger partial charge in [-0.25, -0.2) is 4.57 Å². The molecule has 0 saturated heterocycles. The average molecular weight is 528 g/mol.